The van der Waals surface area contributed by atoms with Crippen LogP contribution in [0.1, 0.15) is 21.6 Å². The van der Waals surface area contributed by atoms with Gasteiger partial charge >= 0.3 is 5.97 Å². The minimum absolute atomic E-state index is 0.206. The lowest BCUT2D eigenvalue weighted by Gasteiger charge is -2.08. The normalized spacial score (nSPS) is 11.3. The number of benzene rings is 2. The molecule has 1 N–H and O–H groups in total. The zero-order valence-corrected chi connectivity index (χ0v) is 13.5. The second kappa shape index (κ2) is 5.70. The van der Waals surface area contributed by atoms with Gasteiger partial charge in [-0.1, -0.05) is 30.3 Å². The van der Waals surface area contributed by atoms with Crippen LogP contribution in [-0.2, 0) is 6.54 Å². The van der Waals surface area contributed by atoms with Crippen LogP contribution >= 0.6 is 0 Å². The van der Waals surface area contributed by atoms with E-state index in [-0.39, 0.29) is 11.4 Å². The van der Waals surface area contributed by atoms with Crippen LogP contribution < -0.4 is 0 Å². The Morgan fingerprint density at radius 1 is 1.12 bits per heavy atom. The second-order valence-electron chi connectivity index (χ2n) is 6.03. The molecule has 4 nitrogen and oxygen atoms in total. The monoisotopic (exact) mass is 334 g/mol. The third-order valence-electron chi connectivity index (χ3n) is 4.42. The first kappa shape index (κ1) is 15.3. The second-order valence-corrected chi connectivity index (χ2v) is 6.03. The molecule has 4 rings (SSSR count). The van der Waals surface area contributed by atoms with Gasteiger partial charge in [-0.25, -0.2) is 14.2 Å². The number of para-hydroxylation sites is 1. The molecular formula is C20H15FN2O2. The fourth-order valence-electron chi connectivity index (χ4n) is 3.20. The highest BCUT2D eigenvalue weighted by molar-refractivity contribution is 6.08. The Labute approximate surface area is 143 Å². The van der Waals surface area contributed by atoms with E-state index >= 15 is 0 Å². The molecule has 2 aromatic carbocycles. The van der Waals surface area contributed by atoms with E-state index in [0.29, 0.717) is 12.2 Å². The lowest BCUT2D eigenvalue weighted by atomic mass is 10.1. The predicted molar refractivity (Wildman–Crippen MR) is 94.4 cm³/mol. The van der Waals surface area contributed by atoms with Crippen molar-refractivity contribution in [1.29, 1.82) is 0 Å². The predicted octanol–water partition coefficient (Wildman–Crippen LogP) is 4.38. The molecule has 5 heteroatoms. The Kier molecular flexibility index (Phi) is 3.50. The number of fused-ring (bicyclic) bond motifs is 3. The van der Waals surface area contributed by atoms with Gasteiger partial charge in [0.05, 0.1) is 16.8 Å². The van der Waals surface area contributed by atoms with E-state index < -0.39 is 5.97 Å². The van der Waals surface area contributed by atoms with Gasteiger partial charge < -0.3 is 9.67 Å². The summed E-state index contributed by atoms with van der Waals surface area (Å²) < 4.78 is 15.2. The van der Waals surface area contributed by atoms with Crippen molar-refractivity contribution in [1.82, 2.24) is 9.55 Å². The van der Waals surface area contributed by atoms with Crippen LogP contribution in [0.5, 0.6) is 0 Å². The molecular weight excluding hydrogens is 319 g/mol. The van der Waals surface area contributed by atoms with Crippen LogP contribution in [0.25, 0.3) is 21.9 Å². The van der Waals surface area contributed by atoms with Crippen molar-refractivity contribution < 1.29 is 14.3 Å². The molecule has 0 unspecified atom stereocenters. The number of carbonyl (C=O) groups is 1. The molecule has 0 radical (unpaired) electrons. The summed E-state index contributed by atoms with van der Waals surface area (Å²) in [5.41, 5.74) is 3.33. The van der Waals surface area contributed by atoms with E-state index in [2.05, 4.69) is 4.98 Å². The number of hydrogen-bond acceptors (Lipinski definition) is 2. The quantitative estimate of drug-likeness (QED) is 0.605. The van der Waals surface area contributed by atoms with Crippen molar-refractivity contribution in [2.24, 2.45) is 0 Å². The summed E-state index contributed by atoms with van der Waals surface area (Å²) in [5, 5.41) is 11.1. The van der Waals surface area contributed by atoms with Gasteiger partial charge in [0.15, 0.2) is 0 Å². The summed E-state index contributed by atoms with van der Waals surface area (Å²) in [7, 11) is 0. The average molecular weight is 334 g/mol. The summed E-state index contributed by atoms with van der Waals surface area (Å²) in [4.78, 5) is 16.0. The van der Waals surface area contributed by atoms with Crippen LogP contribution in [0.15, 0.2) is 54.6 Å². The van der Waals surface area contributed by atoms with Crippen LogP contribution in [0.4, 0.5) is 4.39 Å². The number of carboxylic acids is 1. The van der Waals surface area contributed by atoms with Crippen LogP contribution in [-0.4, -0.2) is 20.6 Å². The van der Waals surface area contributed by atoms with Gasteiger partial charge in [-0.2, -0.15) is 0 Å². The van der Waals surface area contributed by atoms with Crippen LogP contribution in [0.2, 0.25) is 0 Å². The van der Waals surface area contributed by atoms with Crippen molar-refractivity contribution in [3.63, 3.8) is 0 Å². The van der Waals surface area contributed by atoms with Gasteiger partial charge in [-0.3, -0.25) is 0 Å². The number of hydrogen-bond donors (Lipinski definition) is 1. The highest BCUT2D eigenvalue weighted by Gasteiger charge is 2.17. The maximum absolute atomic E-state index is 13.2. The molecule has 25 heavy (non-hydrogen) atoms. The Balaban J connectivity index is 1.99. The van der Waals surface area contributed by atoms with E-state index in [0.717, 1.165) is 27.5 Å². The van der Waals surface area contributed by atoms with Crippen LogP contribution in [0, 0.1) is 12.7 Å². The first-order valence-electron chi connectivity index (χ1n) is 7.91. The number of rotatable bonds is 3. The molecule has 0 aliphatic carbocycles. The van der Waals surface area contributed by atoms with Gasteiger partial charge in [0.2, 0.25) is 0 Å². The van der Waals surface area contributed by atoms with Crippen molar-refractivity contribution in [2.75, 3.05) is 0 Å². The zero-order chi connectivity index (χ0) is 17.6. The minimum atomic E-state index is -0.984. The highest BCUT2D eigenvalue weighted by Crippen LogP contribution is 2.30. The summed E-state index contributed by atoms with van der Waals surface area (Å²) >= 11 is 0. The fraction of sp³-hybridized carbons (Fsp3) is 0.100. The standard InChI is InChI=1S/C20H15FN2O2/c1-12-16(20(24)25)10-17-15-4-2-3-5-18(15)23(19(17)22-12)11-13-6-8-14(21)9-7-13/h2-10H,11H2,1H3,(H,24,25). The van der Waals surface area contributed by atoms with E-state index in [1.54, 1.807) is 25.1 Å². The molecule has 0 saturated heterocycles. The topological polar surface area (TPSA) is 55.1 Å². The SMILES string of the molecule is Cc1nc2c(cc1C(=O)O)c1ccccc1n2Cc1ccc(F)cc1. The highest BCUT2D eigenvalue weighted by atomic mass is 19.1. The van der Waals surface area contributed by atoms with E-state index in [4.69, 9.17) is 0 Å². The number of halogens is 1. The van der Waals surface area contributed by atoms with Gasteiger partial charge in [-0.05, 0) is 36.8 Å². The fourth-order valence-corrected chi connectivity index (χ4v) is 3.20. The molecule has 0 saturated carbocycles. The summed E-state index contributed by atoms with van der Waals surface area (Å²) in [5.74, 6) is -1.26. The van der Waals surface area contributed by atoms with E-state index in [1.165, 1.54) is 12.1 Å². The maximum Gasteiger partial charge on any atom is 0.337 e. The molecule has 0 atom stereocenters. The summed E-state index contributed by atoms with van der Waals surface area (Å²) in [6, 6.07) is 15.8. The third-order valence-corrected chi connectivity index (χ3v) is 4.42. The molecule has 2 heterocycles. The smallest absolute Gasteiger partial charge is 0.337 e. The maximum atomic E-state index is 13.2. The number of aromatic carboxylic acids is 1. The molecule has 0 aliphatic heterocycles. The molecule has 0 fully saturated rings. The lowest BCUT2D eigenvalue weighted by Crippen LogP contribution is -2.05. The van der Waals surface area contributed by atoms with Crippen molar-refractivity contribution in [3.8, 4) is 0 Å². The van der Waals surface area contributed by atoms with Crippen LogP contribution in [0.3, 0.4) is 0 Å². The third kappa shape index (κ3) is 2.54. The Morgan fingerprint density at radius 3 is 2.56 bits per heavy atom. The molecule has 4 aromatic rings. The van der Waals surface area contributed by atoms with Crippen molar-refractivity contribution in [2.45, 2.75) is 13.5 Å². The molecule has 124 valence electrons. The van der Waals surface area contributed by atoms with Crippen molar-refractivity contribution in [3.05, 3.63) is 77.2 Å². The molecule has 0 amide bonds. The van der Waals surface area contributed by atoms with Gasteiger partial charge in [-0.15, -0.1) is 0 Å². The lowest BCUT2D eigenvalue weighted by molar-refractivity contribution is 0.0696. The number of pyridine rings is 1. The molecule has 0 bridgehead atoms. The van der Waals surface area contributed by atoms with E-state index in [1.807, 2.05) is 28.8 Å². The van der Waals surface area contributed by atoms with E-state index in [9.17, 15) is 14.3 Å². The van der Waals surface area contributed by atoms with Crippen molar-refractivity contribution >= 4 is 27.9 Å². The number of aryl methyl sites for hydroxylation is 1. The summed E-state index contributed by atoms with van der Waals surface area (Å²) in [6.45, 7) is 2.23. The average Bonchev–Trinajstić information content (AvgIpc) is 2.89. The molecule has 2 aromatic heterocycles. The first-order valence-corrected chi connectivity index (χ1v) is 7.91. The van der Waals surface area contributed by atoms with Gasteiger partial charge in [0, 0.05) is 17.3 Å². The Hall–Kier alpha value is -3.21. The summed E-state index contributed by atoms with van der Waals surface area (Å²) in [6.07, 6.45) is 0. The number of aromatic nitrogens is 2. The molecule has 0 spiro atoms. The minimum Gasteiger partial charge on any atom is -0.478 e. The first-order chi connectivity index (χ1) is 12.0. The zero-order valence-electron chi connectivity index (χ0n) is 13.5. The number of nitrogens with zero attached hydrogens (tertiary/aromatic N) is 2. The Bertz CT molecular complexity index is 1110. The van der Waals surface area contributed by atoms with Gasteiger partial charge in [0.1, 0.15) is 11.5 Å². The largest absolute Gasteiger partial charge is 0.478 e. The van der Waals surface area contributed by atoms with Gasteiger partial charge in [0.25, 0.3) is 0 Å². The number of carboxylic acid groups (broad SMARTS) is 1. The molecule has 0 aliphatic rings. The Morgan fingerprint density at radius 2 is 1.84 bits per heavy atom.